The van der Waals surface area contributed by atoms with E-state index in [-0.39, 0.29) is 6.61 Å². The van der Waals surface area contributed by atoms with Crippen LogP contribution in [0.1, 0.15) is 53.4 Å². The highest BCUT2D eigenvalue weighted by Gasteiger charge is 2.32. The molecule has 1 saturated carbocycles. The van der Waals surface area contributed by atoms with E-state index < -0.39 is 0 Å². The molecule has 1 N–H and O–H groups in total. The van der Waals surface area contributed by atoms with E-state index >= 15 is 0 Å². The second kappa shape index (κ2) is 10.1. The number of nitrogens with zero attached hydrogens (tertiary/aromatic N) is 3. The summed E-state index contributed by atoms with van der Waals surface area (Å²) in [4.78, 5) is 8.12. The van der Waals surface area contributed by atoms with E-state index in [4.69, 9.17) is 5.11 Å². The zero-order valence-electron chi connectivity index (χ0n) is 16.6. The van der Waals surface area contributed by atoms with Gasteiger partial charge in [-0.2, -0.15) is 0 Å². The predicted molar refractivity (Wildman–Crippen MR) is 102 cm³/mol. The number of aliphatic hydroxyl groups is 1. The summed E-state index contributed by atoms with van der Waals surface area (Å²) in [6, 6.07) is 1.65. The number of likely N-dealkylation sites (tertiary alicyclic amines) is 1. The van der Waals surface area contributed by atoms with Gasteiger partial charge in [-0.1, -0.05) is 6.92 Å². The molecule has 3 aliphatic rings. The molecule has 4 nitrogen and oxygen atoms in total. The Hall–Kier alpha value is -0.160. The summed E-state index contributed by atoms with van der Waals surface area (Å²) >= 11 is 0. The van der Waals surface area contributed by atoms with Gasteiger partial charge in [0.25, 0.3) is 0 Å². The first kappa shape index (κ1) is 20.2. The smallest absolute Gasteiger partial charge is 0.0402 e. The van der Waals surface area contributed by atoms with Gasteiger partial charge in [0.2, 0.25) is 0 Å². The standard InChI is InChI=1S/C18H35N3.C2H6O/c1-15(2)21-13-17(14-21)12-19-8-10-20(11-9-19)18-6-4-16(3)5-7-18;1-2-3/h15-18H,4-14H2,1-3H3;3H,2H2,1H3. The fourth-order valence-electron chi connectivity index (χ4n) is 4.43. The molecule has 0 atom stereocenters. The number of hydrogen-bond donors (Lipinski definition) is 1. The first-order valence-corrected chi connectivity index (χ1v) is 10.3. The molecule has 1 aliphatic carbocycles. The number of aliphatic hydroxyl groups excluding tert-OH is 1. The van der Waals surface area contributed by atoms with E-state index in [1.807, 2.05) is 0 Å². The van der Waals surface area contributed by atoms with Gasteiger partial charge >= 0.3 is 0 Å². The Balaban J connectivity index is 0.000000647. The monoisotopic (exact) mass is 339 g/mol. The van der Waals surface area contributed by atoms with Gasteiger partial charge in [-0.25, -0.2) is 0 Å². The molecule has 0 unspecified atom stereocenters. The minimum atomic E-state index is 0.250. The van der Waals surface area contributed by atoms with Crippen molar-refractivity contribution in [2.75, 3.05) is 52.4 Å². The lowest BCUT2D eigenvalue weighted by atomic mass is 9.86. The van der Waals surface area contributed by atoms with Crippen LogP contribution < -0.4 is 0 Å². The fraction of sp³-hybridized carbons (Fsp3) is 1.00. The highest BCUT2D eigenvalue weighted by molar-refractivity contribution is 4.87. The number of piperazine rings is 1. The van der Waals surface area contributed by atoms with Crippen LogP contribution in [0.3, 0.4) is 0 Å². The average Bonchev–Trinajstić information content (AvgIpc) is 2.52. The van der Waals surface area contributed by atoms with Gasteiger partial charge in [-0.05, 0) is 58.3 Å². The Bertz CT molecular complexity index is 328. The maximum atomic E-state index is 7.57. The molecule has 2 heterocycles. The van der Waals surface area contributed by atoms with Crippen LogP contribution in [-0.4, -0.2) is 84.3 Å². The molecule has 2 aliphatic heterocycles. The highest BCUT2D eigenvalue weighted by Crippen LogP contribution is 2.28. The lowest BCUT2D eigenvalue weighted by molar-refractivity contribution is 0.0175. The molecule has 0 aromatic carbocycles. The molecule has 142 valence electrons. The van der Waals surface area contributed by atoms with E-state index in [1.165, 1.54) is 71.5 Å². The Morgan fingerprint density at radius 2 is 1.50 bits per heavy atom. The largest absolute Gasteiger partial charge is 0.397 e. The predicted octanol–water partition coefficient (Wildman–Crippen LogP) is 2.52. The Labute approximate surface area is 150 Å². The van der Waals surface area contributed by atoms with Crippen molar-refractivity contribution >= 4 is 0 Å². The summed E-state index contributed by atoms with van der Waals surface area (Å²) in [5, 5.41) is 7.57. The quantitative estimate of drug-likeness (QED) is 0.852. The summed E-state index contributed by atoms with van der Waals surface area (Å²) in [6.45, 7) is 18.3. The molecule has 0 aromatic rings. The van der Waals surface area contributed by atoms with Crippen molar-refractivity contribution in [2.45, 2.75) is 65.5 Å². The normalized spacial score (nSPS) is 30.8. The summed E-state index contributed by atoms with van der Waals surface area (Å²) in [7, 11) is 0. The van der Waals surface area contributed by atoms with Gasteiger partial charge < -0.3 is 14.9 Å². The SMILES string of the molecule is CC1CCC(N2CCN(CC3CN(C(C)C)C3)CC2)CC1.CCO. The van der Waals surface area contributed by atoms with E-state index in [0.717, 1.165) is 23.9 Å². The van der Waals surface area contributed by atoms with Gasteiger partial charge in [-0.3, -0.25) is 4.90 Å². The molecular formula is C20H41N3O. The van der Waals surface area contributed by atoms with Crippen molar-refractivity contribution in [1.29, 1.82) is 0 Å². The first-order valence-electron chi connectivity index (χ1n) is 10.3. The molecule has 2 saturated heterocycles. The van der Waals surface area contributed by atoms with E-state index in [1.54, 1.807) is 6.92 Å². The maximum Gasteiger partial charge on any atom is 0.0402 e. The van der Waals surface area contributed by atoms with Crippen LogP contribution in [0.25, 0.3) is 0 Å². The van der Waals surface area contributed by atoms with Crippen molar-refractivity contribution in [3.63, 3.8) is 0 Å². The van der Waals surface area contributed by atoms with Crippen LogP contribution in [0.2, 0.25) is 0 Å². The Morgan fingerprint density at radius 1 is 0.958 bits per heavy atom. The minimum absolute atomic E-state index is 0.250. The van der Waals surface area contributed by atoms with Crippen molar-refractivity contribution in [2.24, 2.45) is 11.8 Å². The number of rotatable bonds is 4. The third-order valence-corrected chi connectivity index (χ3v) is 6.14. The first-order chi connectivity index (χ1) is 11.5. The highest BCUT2D eigenvalue weighted by atomic mass is 16.2. The second-order valence-electron chi connectivity index (χ2n) is 8.48. The van der Waals surface area contributed by atoms with Gasteiger partial charge in [0.05, 0.1) is 0 Å². The lowest BCUT2D eigenvalue weighted by Gasteiger charge is -2.46. The molecule has 0 aromatic heterocycles. The van der Waals surface area contributed by atoms with Crippen molar-refractivity contribution in [1.82, 2.24) is 14.7 Å². The zero-order chi connectivity index (χ0) is 17.5. The topological polar surface area (TPSA) is 30.0 Å². The summed E-state index contributed by atoms with van der Waals surface area (Å²) in [5.74, 6) is 1.92. The fourth-order valence-corrected chi connectivity index (χ4v) is 4.43. The van der Waals surface area contributed by atoms with Crippen LogP contribution in [0.15, 0.2) is 0 Å². The molecule has 3 rings (SSSR count). The molecule has 0 bridgehead atoms. The Kier molecular flexibility index (Phi) is 8.48. The van der Waals surface area contributed by atoms with Gasteiger partial charge in [0.15, 0.2) is 0 Å². The van der Waals surface area contributed by atoms with Crippen LogP contribution in [-0.2, 0) is 0 Å². The molecule has 4 heteroatoms. The Morgan fingerprint density at radius 3 is 2.00 bits per heavy atom. The molecule has 0 spiro atoms. The average molecular weight is 340 g/mol. The summed E-state index contributed by atoms with van der Waals surface area (Å²) in [5.41, 5.74) is 0. The summed E-state index contributed by atoms with van der Waals surface area (Å²) < 4.78 is 0. The molecular weight excluding hydrogens is 298 g/mol. The number of hydrogen-bond acceptors (Lipinski definition) is 4. The maximum absolute atomic E-state index is 7.57. The van der Waals surface area contributed by atoms with Crippen molar-refractivity contribution < 1.29 is 5.11 Å². The molecule has 24 heavy (non-hydrogen) atoms. The summed E-state index contributed by atoms with van der Waals surface area (Å²) in [6.07, 6.45) is 5.82. The van der Waals surface area contributed by atoms with Crippen LogP contribution in [0.5, 0.6) is 0 Å². The van der Waals surface area contributed by atoms with Gasteiger partial charge in [0.1, 0.15) is 0 Å². The minimum Gasteiger partial charge on any atom is -0.397 e. The molecule has 0 radical (unpaired) electrons. The van der Waals surface area contributed by atoms with E-state index in [2.05, 4.69) is 35.5 Å². The third-order valence-electron chi connectivity index (χ3n) is 6.14. The molecule has 3 fully saturated rings. The van der Waals surface area contributed by atoms with Crippen LogP contribution >= 0.6 is 0 Å². The zero-order valence-corrected chi connectivity index (χ0v) is 16.6. The van der Waals surface area contributed by atoms with Crippen molar-refractivity contribution in [3.8, 4) is 0 Å². The van der Waals surface area contributed by atoms with Gasteiger partial charge in [-0.15, -0.1) is 0 Å². The molecule has 0 amide bonds. The lowest BCUT2D eigenvalue weighted by Crippen LogP contribution is -2.57. The van der Waals surface area contributed by atoms with Crippen LogP contribution in [0.4, 0.5) is 0 Å². The van der Waals surface area contributed by atoms with E-state index in [0.29, 0.717) is 0 Å². The second-order valence-corrected chi connectivity index (χ2v) is 8.48. The van der Waals surface area contributed by atoms with E-state index in [9.17, 15) is 0 Å². The van der Waals surface area contributed by atoms with Gasteiger partial charge in [0, 0.05) is 64.5 Å². The van der Waals surface area contributed by atoms with Crippen molar-refractivity contribution in [3.05, 3.63) is 0 Å². The van der Waals surface area contributed by atoms with Crippen LogP contribution in [0, 0.1) is 11.8 Å². The third kappa shape index (κ3) is 5.98.